The van der Waals surface area contributed by atoms with Crippen LogP contribution in [0.4, 0.5) is 5.69 Å². The third kappa shape index (κ3) is 3.08. The fourth-order valence-electron chi connectivity index (χ4n) is 4.54. The largest absolute Gasteiger partial charge is 0.326 e. The number of imide groups is 1. The third-order valence-corrected chi connectivity index (χ3v) is 5.88. The Balaban J connectivity index is 1.34. The quantitative estimate of drug-likeness (QED) is 0.857. The fourth-order valence-corrected chi connectivity index (χ4v) is 4.54. The first kappa shape index (κ1) is 16.3. The molecule has 2 fully saturated rings. The fraction of sp³-hybridized carbons (Fsp3) is 0.550. The number of anilines is 1. The number of hydrogen-bond donors (Lipinski definition) is 1. The second-order valence-electron chi connectivity index (χ2n) is 7.46. The highest BCUT2D eigenvalue weighted by Crippen LogP contribution is 2.38. The van der Waals surface area contributed by atoms with E-state index in [2.05, 4.69) is 11.4 Å². The van der Waals surface area contributed by atoms with E-state index in [4.69, 9.17) is 0 Å². The summed E-state index contributed by atoms with van der Waals surface area (Å²) in [5.74, 6) is -0.560. The molecule has 1 N–H and O–H groups in total. The van der Waals surface area contributed by atoms with Gasteiger partial charge in [0.25, 0.3) is 0 Å². The molecule has 2 atom stereocenters. The highest BCUT2D eigenvalue weighted by Gasteiger charge is 2.47. The number of nitrogens with one attached hydrogen (secondary N) is 1. The Hall–Kier alpha value is -2.17. The predicted molar refractivity (Wildman–Crippen MR) is 93.9 cm³/mol. The van der Waals surface area contributed by atoms with Crippen molar-refractivity contribution in [2.45, 2.75) is 51.4 Å². The molecule has 1 aliphatic heterocycles. The summed E-state index contributed by atoms with van der Waals surface area (Å²) in [6, 6.07) is 6.06. The van der Waals surface area contributed by atoms with E-state index < -0.39 is 0 Å². The lowest BCUT2D eigenvalue weighted by atomic mass is 9.81. The summed E-state index contributed by atoms with van der Waals surface area (Å²) in [5.41, 5.74) is 3.49. The van der Waals surface area contributed by atoms with E-state index in [9.17, 15) is 14.4 Å². The van der Waals surface area contributed by atoms with E-state index in [1.165, 1.54) is 22.4 Å². The molecular weight excluding hydrogens is 316 g/mol. The van der Waals surface area contributed by atoms with Gasteiger partial charge in [-0.15, -0.1) is 0 Å². The average Bonchev–Trinajstić information content (AvgIpc) is 3.17. The summed E-state index contributed by atoms with van der Waals surface area (Å²) < 4.78 is 0. The Kier molecular flexibility index (Phi) is 4.32. The average molecular weight is 340 g/mol. The predicted octanol–water partition coefficient (Wildman–Crippen LogP) is 2.68. The highest BCUT2D eigenvalue weighted by atomic mass is 16.2. The number of carbonyl (C=O) groups excluding carboxylic acids is 3. The zero-order valence-electron chi connectivity index (χ0n) is 14.4. The summed E-state index contributed by atoms with van der Waals surface area (Å²) in [6.45, 7) is 0.196. The van der Waals surface area contributed by atoms with Crippen LogP contribution in [0.5, 0.6) is 0 Å². The van der Waals surface area contributed by atoms with E-state index in [1.807, 2.05) is 12.1 Å². The maximum Gasteiger partial charge on any atom is 0.233 e. The first-order chi connectivity index (χ1) is 12.1. The zero-order chi connectivity index (χ0) is 17.4. The minimum absolute atomic E-state index is 0.0694. The molecule has 2 aliphatic carbocycles. The Bertz CT molecular complexity index is 704. The zero-order valence-corrected chi connectivity index (χ0v) is 14.4. The van der Waals surface area contributed by atoms with Crippen molar-refractivity contribution < 1.29 is 14.4 Å². The lowest BCUT2D eigenvalue weighted by molar-refractivity contribution is -0.140. The van der Waals surface area contributed by atoms with Crippen LogP contribution >= 0.6 is 0 Å². The molecule has 132 valence electrons. The molecule has 1 saturated carbocycles. The van der Waals surface area contributed by atoms with E-state index in [-0.39, 0.29) is 42.5 Å². The number of amides is 3. The molecule has 0 bridgehead atoms. The van der Waals surface area contributed by atoms with Crippen LogP contribution in [0.2, 0.25) is 0 Å². The molecule has 1 aromatic carbocycles. The minimum atomic E-state index is -0.145. The van der Waals surface area contributed by atoms with Crippen molar-refractivity contribution in [2.75, 3.05) is 11.9 Å². The summed E-state index contributed by atoms with van der Waals surface area (Å²) in [7, 11) is 0. The van der Waals surface area contributed by atoms with Gasteiger partial charge in [-0.3, -0.25) is 19.3 Å². The summed E-state index contributed by atoms with van der Waals surface area (Å²) in [4.78, 5) is 38.4. The van der Waals surface area contributed by atoms with Crippen LogP contribution in [0.1, 0.15) is 49.7 Å². The molecule has 0 aromatic heterocycles. The molecule has 0 radical (unpaired) electrons. The molecule has 4 rings (SSSR count). The van der Waals surface area contributed by atoms with Gasteiger partial charge in [-0.05, 0) is 55.4 Å². The van der Waals surface area contributed by atoms with Gasteiger partial charge in [-0.1, -0.05) is 18.9 Å². The Morgan fingerprint density at radius 3 is 2.40 bits per heavy atom. The SMILES string of the molecule is O=C(CCN1C(=O)[C@@H]2CCCC[C@H]2C1=O)Nc1ccc2c(c1)CCC2. The topological polar surface area (TPSA) is 66.5 Å². The van der Waals surface area contributed by atoms with Gasteiger partial charge in [0.2, 0.25) is 17.7 Å². The second kappa shape index (κ2) is 6.62. The molecule has 3 amide bonds. The van der Waals surface area contributed by atoms with E-state index in [0.717, 1.165) is 44.2 Å². The van der Waals surface area contributed by atoms with Crippen molar-refractivity contribution in [1.29, 1.82) is 0 Å². The molecule has 5 heteroatoms. The molecular formula is C20H24N2O3. The second-order valence-corrected chi connectivity index (χ2v) is 7.46. The summed E-state index contributed by atoms with van der Waals surface area (Å²) in [6.07, 6.45) is 7.19. The van der Waals surface area contributed by atoms with Crippen LogP contribution in [0.25, 0.3) is 0 Å². The van der Waals surface area contributed by atoms with Crippen molar-refractivity contribution in [2.24, 2.45) is 11.8 Å². The monoisotopic (exact) mass is 340 g/mol. The van der Waals surface area contributed by atoms with E-state index in [0.29, 0.717) is 0 Å². The van der Waals surface area contributed by atoms with Crippen LogP contribution in [0.3, 0.4) is 0 Å². The van der Waals surface area contributed by atoms with Crippen molar-refractivity contribution in [1.82, 2.24) is 4.90 Å². The first-order valence-electron chi connectivity index (χ1n) is 9.40. The number of fused-ring (bicyclic) bond motifs is 2. The van der Waals surface area contributed by atoms with Crippen LogP contribution in [0, 0.1) is 11.8 Å². The standard InChI is InChI=1S/C20H24N2O3/c23-18(21-15-9-8-13-4-3-5-14(13)12-15)10-11-22-19(24)16-6-1-2-7-17(16)20(22)25/h8-9,12,16-17H,1-7,10-11H2,(H,21,23)/t16-,17-/m1/s1. The molecule has 1 saturated heterocycles. The lowest BCUT2D eigenvalue weighted by Gasteiger charge is -2.19. The molecule has 3 aliphatic rings. The normalized spacial score (nSPS) is 25.0. The smallest absolute Gasteiger partial charge is 0.233 e. The van der Waals surface area contributed by atoms with Crippen LogP contribution in [-0.2, 0) is 27.2 Å². The Morgan fingerprint density at radius 1 is 1.00 bits per heavy atom. The van der Waals surface area contributed by atoms with Crippen molar-refractivity contribution in [3.63, 3.8) is 0 Å². The first-order valence-corrected chi connectivity index (χ1v) is 9.40. The summed E-state index contributed by atoms with van der Waals surface area (Å²) >= 11 is 0. The molecule has 5 nitrogen and oxygen atoms in total. The van der Waals surface area contributed by atoms with Crippen LogP contribution in [-0.4, -0.2) is 29.2 Å². The molecule has 1 heterocycles. The maximum atomic E-state index is 12.4. The molecule has 0 spiro atoms. The van der Waals surface area contributed by atoms with Gasteiger partial charge < -0.3 is 5.32 Å². The van der Waals surface area contributed by atoms with Gasteiger partial charge in [-0.2, -0.15) is 0 Å². The van der Waals surface area contributed by atoms with Crippen molar-refractivity contribution in [3.8, 4) is 0 Å². The van der Waals surface area contributed by atoms with E-state index in [1.54, 1.807) is 0 Å². The lowest BCUT2D eigenvalue weighted by Crippen LogP contribution is -2.34. The maximum absolute atomic E-state index is 12.4. The number of nitrogens with zero attached hydrogens (tertiary/aromatic N) is 1. The molecule has 1 aromatic rings. The summed E-state index contributed by atoms with van der Waals surface area (Å²) in [5, 5.41) is 2.90. The van der Waals surface area contributed by atoms with E-state index >= 15 is 0 Å². The Morgan fingerprint density at radius 2 is 1.68 bits per heavy atom. The van der Waals surface area contributed by atoms with Gasteiger partial charge in [0.05, 0.1) is 11.8 Å². The third-order valence-electron chi connectivity index (χ3n) is 5.88. The number of carbonyl (C=O) groups is 3. The number of hydrogen-bond acceptors (Lipinski definition) is 3. The number of benzene rings is 1. The minimum Gasteiger partial charge on any atom is -0.326 e. The van der Waals surface area contributed by atoms with Gasteiger partial charge in [-0.25, -0.2) is 0 Å². The van der Waals surface area contributed by atoms with Gasteiger partial charge >= 0.3 is 0 Å². The number of aryl methyl sites for hydroxylation is 2. The van der Waals surface area contributed by atoms with Crippen molar-refractivity contribution >= 4 is 23.4 Å². The number of likely N-dealkylation sites (tertiary alicyclic amines) is 1. The van der Waals surface area contributed by atoms with Gasteiger partial charge in [0.15, 0.2) is 0 Å². The molecule has 25 heavy (non-hydrogen) atoms. The Labute approximate surface area is 147 Å². The van der Waals surface area contributed by atoms with Gasteiger partial charge in [0, 0.05) is 18.7 Å². The van der Waals surface area contributed by atoms with Crippen LogP contribution < -0.4 is 5.32 Å². The van der Waals surface area contributed by atoms with Crippen LogP contribution in [0.15, 0.2) is 18.2 Å². The van der Waals surface area contributed by atoms with Gasteiger partial charge in [0.1, 0.15) is 0 Å². The molecule has 0 unspecified atom stereocenters. The van der Waals surface area contributed by atoms with Crippen molar-refractivity contribution in [3.05, 3.63) is 29.3 Å². The number of rotatable bonds is 4. The highest BCUT2D eigenvalue weighted by molar-refractivity contribution is 6.05.